The fourth-order valence-corrected chi connectivity index (χ4v) is 2.74. The number of carbonyl (C=O) groups is 1. The van der Waals surface area contributed by atoms with Crippen molar-refractivity contribution in [2.24, 2.45) is 0 Å². The second-order valence-electron chi connectivity index (χ2n) is 5.12. The van der Waals surface area contributed by atoms with Crippen LogP contribution in [0.25, 0.3) is 0 Å². The third kappa shape index (κ3) is 3.69. The summed E-state index contributed by atoms with van der Waals surface area (Å²) in [5.41, 5.74) is 0.525. The van der Waals surface area contributed by atoms with Gasteiger partial charge in [0.1, 0.15) is 5.15 Å². The highest BCUT2D eigenvalue weighted by Gasteiger charge is 2.27. The van der Waals surface area contributed by atoms with Gasteiger partial charge in [-0.2, -0.15) is 0 Å². The lowest BCUT2D eigenvalue weighted by molar-refractivity contribution is 0.0540. The van der Waals surface area contributed by atoms with E-state index >= 15 is 0 Å². The van der Waals surface area contributed by atoms with Crippen molar-refractivity contribution >= 4 is 17.5 Å². The normalized spacial score (nSPS) is 17.1. The average molecular weight is 298 g/mol. The maximum Gasteiger partial charge on any atom is 0.254 e. The summed E-state index contributed by atoms with van der Waals surface area (Å²) < 4.78 is 0. The Balaban J connectivity index is 2.13. The molecule has 1 aromatic heterocycles. The molecule has 0 spiro atoms. The van der Waals surface area contributed by atoms with Crippen LogP contribution in [0.1, 0.15) is 23.2 Å². The molecule has 6 heteroatoms. The molecule has 1 aliphatic rings. The van der Waals surface area contributed by atoms with E-state index in [1.807, 2.05) is 0 Å². The summed E-state index contributed by atoms with van der Waals surface area (Å²) in [6.45, 7) is 2.26. The van der Waals surface area contributed by atoms with Crippen molar-refractivity contribution in [1.82, 2.24) is 14.8 Å². The Morgan fingerprint density at radius 2 is 2.25 bits per heavy atom. The van der Waals surface area contributed by atoms with E-state index in [4.69, 9.17) is 11.6 Å². The van der Waals surface area contributed by atoms with E-state index in [1.165, 1.54) is 6.20 Å². The lowest BCUT2D eigenvalue weighted by Gasteiger charge is -2.37. The monoisotopic (exact) mass is 297 g/mol. The molecule has 2 heterocycles. The van der Waals surface area contributed by atoms with Crippen LogP contribution >= 0.6 is 11.6 Å². The fraction of sp³-hybridized carbons (Fsp3) is 0.571. The number of aliphatic hydroxyl groups excluding tert-OH is 1. The number of aromatic nitrogens is 1. The first-order valence-electron chi connectivity index (χ1n) is 6.83. The van der Waals surface area contributed by atoms with Gasteiger partial charge in [0.15, 0.2) is 0 Å². The molecule has 2 rings (SSSR count). The molecule has 1 amide bonds. The second-order valence-corrected chi connectivity index (χ2v) is 5.51. The number of aliphatic hydroxyl groups is 1. The molecule has 1 aliphatic heterocycles. The van der Waals surface area contributed by atoms with Gasteiger partial charge in [-0.15, -0.1) is 0 Å². The highest BCUT2D eigenvalue weighted by atomic mass is 35.5. The number of halogens is 1. The van der Waals surface area contributed by atoms with Gasteiger partial charge < -0.3 is 14.9 Å². The van der Waals surface area contributed by atoms with E-state index in [0.29, 0.717) is 17.3 Å². The molecule has 20 heavy (non-hydrogen) atoms. The molecular formula is C14H20ClN3O2. The smallest absolute Gasteiger partial charge is 0.254 e. The first-order chi connectivity index (χ1) is 9.61. The van der Waals surface area contributed by atoms with Crippen molar-refractivity contribution in [3.63, 3.8) is 0 Å². The number of carbonyl (C=O) groups excluding carboxylic acids is 1. The quantitative estimate of drug-likeness (QED) is 0.850. The van der Waals surface area contributed by atoms with E-state index in [0.717, 1.165) is 25.9 Å². The number of amides is 1. The molecule has 0 atom stereocenters. The highest BCUT2D eigenvalue weighted by Crippen LogP contribution is 2.19. The minimum atomic E-state index is -0.0853. The number of likely N-dealkylation sites (tertiary alicyclic amines) is 1. The molecule has 0 saturated carbocycles. The first kappa shape index (κ1) is 15.2. The Hall–Kier alpha value is -1.17. The Bertz CT molecular complexity index is 461. The molecule has 1 fully saturated rings. The lowest BCUT2D eigenvalue weighted by Crippen LogP contribution is -2.47. The van der Waals surface area contributed by atoms with Gasteiger partial charge >= 0.3 is 0 Å². The summed E-state index contributed by atoms with van der Waals surface area (Å²) in [4.78, 5) is 20.5. The van der Waals surface area contributed by atoms with Crippen LogP contribution in [0.3, 0.4) is 0 Å². The van der Waals surface area contributed by atoms with Crippen LogP contribution in [0.15, 0.2) is 18.3 Å². The summed E-state index contributed by atoms with van der Waals surface area (Å²) in [6.07, 6.45) is 3.39. The number of hydrogen-bond acceptors (Lipinski definition) is 4. The minimum absolute atomic E-state index is 0.0309. The summed E-state index contributed by atoms with van der Waals surface area (Å²) >= 11 is 5.84. The zero-order chi connectivity index (χ0) is 14.5. The Labute approximate surface area is 124 Å². The van der Waals surface area contributed by atoms with Crippen LogP contribution in [-0.2, 0) is 0 Å². The van der Waals surface area contributed by atoms with Crippen LogP contribution in [0.2, 0.25) is 5.15 Å². The van der Waals surface area contributed by atoms with Crippen LogP contribution in [0.4, 0.5) is 0 Å². The fourth-order valence-electron chi connectivity index (χ4n) is 2.57. The summed E-state index contributed by atoms with van der Waals surface area (Å²) in [5.74, 6) is -0.0853. The molecule has 0 radical (unpaired) electrons. The zero-order valence-electron chi connectivity index (χ0n) is 11.6. The molecule has 1 aromatic rings. The van der Waals surface area contributed by atoms with E-state index in [1.54, 1.807) is 17.0 Å². The average Bonchev–Trinajstić information content (AvgIpc) is 2.45. The van der Waals surface area contributed by atoms with Crippen molar-refractivity contribution in [2.75, 3.05) is 33.3 Å². The van der Waals surface area contributed by atoms with Crippen molar-refractivity contribution in [3.8, 4) is 0 Å². The Kier molecular flexibility index (Phi) is 5.34. The van der Waals surface area contributed by atoms with Gasteiger partial charge in [0.2, 0.25) is 0 Å². The van der Waals surface area contributed by atoms with Crippen LogP contribution in [0, 0.1) is 0 Å². The van der Waals surface area contributed by atoms with Gasteiger partial charge in [-0.05, 0) is 45.1 Å². The van der Waals surface area contributed by atoms with E-state index in [-0.39, 0.29) is 18.6 Å². The van der Waals surface area contributed by atoms with Crippen molar-refractivity contribution in [3.05, 3.63) is 29.0 Å². The molecule has 1 saturated heterocycles. The minimum Gasteiger partial charge on any atom is -0.395 e. The number of rotatable bonds is 4. The Morgan fingerprint density at radius 3 is 2.85 bits per heavy atom. The number of nitrogens with zero attached hydrogens (tertiary/aromatic N) is 3. The molecule has 0 aliphatic carbocycles. The maximum atomic E-state index is 12.6. The molecule has 0 unspecified atom stereocenters. The molecule has 110 valence electrons. The van der Waals surface area contributed by atoms with Gasteiger partial charge in [0.05, 0.1) is 6.61 Å². The molecular weight excluding hydrogens is 278 g/mol. The molecule has 0 bridgehead atoms. The molecule has 5 nitrogen and oxygen atoms in total. The zero-order valence-corrected chi connectivity index (χ0v) is 12.4. The topological polar surface area (TPSA) is 56.7 Å². The van der Waals surface area contributed by atoms with Gasteiger partial charge in [-0.25, -0.2) is 4.98 Å². The lowest BCUT2D eigenvalue weighted by atomic mass is 10.0. The van der Waals surface area contributed by atoms with Gasteiger partial charge in [-0.1, -0.05) is 11.6 Å². The predicted octanol–water partition coefficient (Wildman–Crippen LogP) is 1.26. The van der Waals surface area contributed by atoms with Gasteiger partial charge in [0, 0.05) is 24.3 Å². The Morgan fingerprint density at radius 1 is 1.55 bits per heavy atom. The second kappa shape index (κ2) is 7.02. The number of hydrogen-bond donors (Lipinski definition) is 1. The molecule has 0 aromatic carbocycles. The molecule has 1 N–H and O–H groups in total. The SMILES string of the molecule is CN1CCC(N(CCO)C(=O)c2ccnc(Cl)c2)CC1. The van der Waals surface area contributed by atoms with Crippen molar-refractivity contribution < 1.29 is 9.90 Å². The third-order valence-electron chi connectivity index (χ3n) is 3.70. The van der Waals surface area contributed by atoms with Crippen LogP contribution < -0.4 is 0 Å². The van der Waals surface area contributed by atoms with E-state index < -0.39 is 0 Å². The van der Waals surface area contributed by atoms with Crippen LogP contribution in [-0.4, -0.2) is 65.1 Å². The van der Waals surface area contributed by atoms with Crippen molar-refractivity contribution in [1.29, 1.82) is 0 Å². The standard InChI is InChI=1S/C14H20ClN3O2/c1-17-6-3-12(4-7-17)18(8-9-19)14(20)11-2-5-16-13(15)10-11/h2,5,10,12,19H,3-4,6-9H2,1H3. The summed E-state index contributed by atoms with van der Waals surface area (Å²) in [5, 5.41) is 9.54. The summed E-state index contributed by atoms with van der Waals surface area (Å²) in [6, 6.07) is 3.41. The van der Waals surface area contributed by atoms with Gasteiger partial charge in [0.25, 0.3) is 5.91 Å². The largest absolute Gasteiger partial charge is 0.395 e. The maximum absolute atomic E-state index is 12.6. The van der Waals surface area contributed by atoms with Crippen LogP contribution in [0.5, 0.6) is 0 Å². The van der Waals surface area contributed by atoms with E-state index in [2.05, 4.69) is 16.9 Å². The van der Waals surface area contributed by atoms with Crippen molar-refractivity contribution in [2.45, 2.75) is 18.9 Å². The predicted molar refractivity (Wildman–Crippen MR) is 77.9 cm³/mol. The number of piperidine rings is 1. The van der Waals surface area contributed by atoms with Gasteiger partial charge in [-0.3, -0.25) is 4.79 Å². The highest BCUT2D eigenvalue weighted by molar-refractivity contribution is 6.29. The summed E-state index contributed by atoms with van der Waals surface area (Å²) in [7, 11) is 2.08. The first-order valence-corrected chi connectivity index (χ1v) is 7.21. The van der Waals surface area contributed by atoms with E-state index in [9.17, 15) is 9.90 Å². The number of pyridine rings is 1. The third-order valence-corrected chi connectivity index (χ3v) is 3.91.